The van der Waals surface area contributed by atoms with Gasteiger partial charge in [-0.25, -0.2) is 0 Å². The minimum Gasteiger partial charge on any atom is -0.490 e. The maximum absolute atomic E-state index is 12.0. The number of esters is 2. The predicted molar refractivity (Wildman–Crippen MR) is 183 cm³/mol. The van der Waals surface area contributed by atoms with Crippen molar-refractivity contribution in [3.63, 3.8) is 0 Å². The number of ether oxygens (including phenoxy) is 8. The van der Waals surface area contributed by atoms with Gasteiger partial charge in [-0.3, -0.25) is 9.59 Å². The SMILES string of the molecule is CCCCCCOCCOCCOC(=O)CCCCOc1ccc(N)cc1OCCCCC(=O)OCCOCCOCCCCCC. The molecule has 0 spiro atoms. The van der Waals surface area contributed by atoms with E-state index in [0.717, 1.165) is 26.1 Å². The first-order valence-electron chi connectivity index (χ1n) is 17.8. The van der Waals surface area contributed by atoms with E-state index in [2.05, 4.69) is 13.8 Å². The van der Waals surface area contributed by atoms with Gasteiger partial charge in [0.15, 0.2) is 11.5 Å². The highest BCUT2D eigenvalue weighted by Gasteiger charge is 2.09. The Balaban J connectivity index is 2.04. The summed E-state index contributed by atoms with van der Waals surface area (Å²) in [5.41, 5.74) is 6.51. The van der Waals surface area contributed by atoms with E-state index in [0.29, 0.717) is 109 Å². The van der Waals surface area contributed by atoms with E-state index >= 15 is 0 Å². The Morgan fingerprint density at radius 3 is 1.40 bits per heavy atom. The lowest BCUT2D eigenvalue weighted by atomic mass is 10.2. The molecule has 0 aromatic heterocycles. The Bertz CT molecular complexity index is 885. The van der Waals surface area contributed by atoms with E-state index in [4.69, 9.17) is 43.6 Å². The van der Waals surface area contributed by atoms with Crippen molar-refractivity contribution in [1.29, 1.82) is 0 Å². The number of benzene rings is 1. The summed E-state index contributed by atoms with van der Waals surface area (Å²) in [5.74, 6) is 0.643. The Kier molecular flexibility index (Phi) is 28.9. The Labute approximate surface area is 283 Å². The van der Waals surface area contributed by atoms with E-state index in [-0.39, 0.29) is 25.2 Å². The van der Waals surface area contributed by atoms with Crippen LogP contribution in [-0.2, 0) is 38.0 Å². The Morgan fingerprint density at radius 1 is 0.489 bits per heavy atom. The fraction of sp³-hybridized carbons (Fsp3) is 0.778. The minimum atomic E-state index is -0.250. The summed E-state index contributed by atoms with van der Waals surface area (Å²) in [6.07, 6.45) is 12.8. The first-order chi connectivity index (χ1) is 23.1. The third-order valence-electron chi connectivity index (χ3n) is 7.04. The molecule has 0 bridgehead atoms. The molecule has 1 rings (SSSR count). The van der Waals surface area contributed by atoms with Crippen molar-refractivity contribution < 1.29 is 47.5 Å². The van der Waals surface area contributed by atoms with Gasteiger partial charge in [-0.15, -0.1) is 0 Å². The van der Waals surface area contributed by atoms with Crippen LogP contribution in [0, 0.1) is 0 Å². The molecule has 0 atom stereocenters. The molecule has 0 radical (unpaired) electrons. The predicted octanol–water partition coefficient (Wildman–Crippen LogP) is 6.68. The molecule has 0 saturated carbocycles. The molecule has 0 heterocycles. The van der Waals surface area contributed by atoms with Crippen LogP contribution >= 0.6 is 0 Å². The largest absolute Gasteiger partial charge is 0.490 e. The molecular formula is C36H63NO10. The Morgan fingerprint density at radius 2 is 0.915 bits per heavy atom. The molecule has 1 aromatic carbocycles. The van der Waals surface area contributed by atoms with E-state index in [9.17, 15) is 9.59 Å². The molecule has 272 valence electrons. The third-order valence-corrected chi connectivity index (χ3v) is 7.04. The van der Waals surface area contributed by atoms with E-state index < -0.39 is 0 Å². The van der Waals surface area contributed by atoms with Crippen LogP contribution in [0.2, 0.25) is 0 Å². The van der Waals surface area contributed by atoms with Gasteiger partial charge in [0.05, 0.1) is 52.9 Å². The van der Waals surface area contributed by atoms with Crippen LogP contribution in [0.25, 0.3) is 0 Å². The average molecular weight is 670 g/mol. The zero-order chi connectivity index (χ0) is 34.0. The molecule has 0 aliphatic rings. The van der Waals surface area contributed by atoms with Crippen LogP contribution in [0.5, 0.6) is 11.5 Å². The van der Waals surface area contributed by atoms with E-state index in [1.54, 1.807) is 18.2 Å². The first kappa shape index (κ1) is 42.4. The second kappa shape index (κ2) is 32.0. The fourth-order valence-corrected chi connectivity index (χ4v) is 4.34. The number of hydrogen-bond acceptors (Lipinski definition) is 11. The van der Waals surface area contributed by atoms with Crippen molar-refractivity contribution in [2.45, 2.75) is 104 Å². The second-order valence-electron chi connectivity index (χ2n) is 11.3. The van der Waals surface area contributed by atoms with Crippen molar-refractivity contribution in [3.8, 4) is 11.5 Å². The molecule has 1 aromatic rings. The summed E-state index contributed by atoms with van der Waals surface area (Å²) in [7, 11) is 0. The maximum atomic E-state index is 12.0. The molecule has 0 aliphatic heterocycles. The summed E-state index contributed by atoms with van der Waals surface area (Å²) >= 11 is 0. The van der Waals surface area contributed by atoms with Crippen LogP contribution in [0.15, 0.2) is 18.2 Å². The topological polar surface area (TPSA) is 134 Å². The van der Waals surface area contributed by atoms with Gasteiger partial charge in [0.25, 0.3) is 0 Å². The summed E-state index contributed by atoms with van der Waals surface area (Å²) in [6, 6.07) is 5.25. The molecule has 0 amide bonds. The number of nitrogen functional groups attached to an aromatic ring is 1. The molecule has 0 fully saturated rings. The van der Waals surface area contributed by atoms with E-state index in [1.165, 1.54) is 38.5 Å². The summed E-state index contributed by atoms with van der Waals surface area (Å²) < 4.78 is 44.2. The van der Waals surface area contributed by atoms with Gasteiger partial charge in [0.2, 0.25) is 0 Å². The number of anilines is 1. The molecular weight excluding hydrogens is 606 g/mol. The maximum Gasteiger partial charge on any atom is 0.305 e. The highest BCUT2D eigenvalue weighted by molar-refractivity contribution is 5.69. The monoisotopic (exact) mass is 669 g/mol. The third kappa shape index (κ3) is 27.1. The molecule has 0 unspecified atom stereocenters. The zero-order valence-electron chi connectivity index (χ0n) is 29.3. The summed E-state index contributed by atoms with van der Waals surface area (Å²) in [4.78, 5) is 23.9. The van der Waals surface area contributed by atoms with Gasteiger partial charge in [-0.1, -0.05) is 52.4 Å². The number of carbonyl (C=O) groups is 2. The van der Waals surface area contributed by atoms with Crippen LogP contribution in [0.3, 0.4) is 0 Å². The lowest BCUT2D eigenvalue weighted by Crippen LogP contribution is -2.13. The van der Waals surface area contributed by atoms with E-state index in [1.807, 2.05) is 0 Å². The van der Waals surface area contributed by atoms with Gasteiger partial charge >= 0.3 is 11.9 Å². The molecule has 11 heteroatoms. The van der Waals surface area contributed by atoms with Gasteiger partial charge in [-0.2, -0.15) is 0 Å². The van der Waals surface area contributed by atoms with Gasteiger partial charge in [0, 0.05) is 37.8 Å². The highest BCUT2D eigenvalue weighted by Crippen LogP contribution is 2.30. The molecule has 11 nitrogen and oxygen atoms in total. The standard InChI is InChI=1S/C36H63NO10/c1-3-5-7-11-19-40-23-25-42-27-29-46-35(38)15-9-13-21-44-33-18-17-32(37)31-34(33)45-22-14-10-16-36(39)47-30-28-43-26-24-41-20-12-8-6-4-2/h17-18,31H,3-16,19-30,37H2,1-2H3. The van der Waals surface area contributed by atoms with Crippen LogP contribution < -0.4 is 15.2 Å². The smallest absolute Gasteiger partial charge is 0.305 e. The minimum absolute atomic E-state index is 0.238. The number of carbonyl (C=O) groups excluding carboxylic acids is 2. The number of rotatable bonds is 34. The van der Waals surface area contributed by atoms with Crippen LogP contribution in [0.4, 0.5) is 5.69 Å². The highest BCUT2D eigenvalue weighted by atomic mass is 16.6. The number of nitrogens with two attached hydrogens (primary N) is 1. The van der Waals surface area contributed by atoms with Crippen molar-refractivity contribution in [2.24, 2.45) is 0 Å². The summed E-state index contributed by atoms with van der Waals surface area (Å²) in [6.45, 7) is 10.1. The zero-order valence-corrected chi connectivity index (χ0v) is 29.3. The molecule has 0 aliphatic carbocycles. The lowest BCUT2D eigenvalue weighted by Gasteiger charge is -2.13. The van der Waals surface area contributed by atoms with Crippen molar-refractivity contribution in [2.75, 3.05) is 85.0 Å². The number of hydrogen-bond donors (Lipinski definition) is 1. The fourth-order valence-electron chi connectivity index (χ4n) is 4.34. The van der Waals surface area contributed by atoms with Crippen molar-refractivity contribution in [1.82, 2.24) is 0 Å². The second-order valence-corrected chi connectivity index (χ2v) is 11.3. The van der Waals surface area contributed by atoms with Crippen LogP contribution in [0.1, 0.15) is 104 Å². The van der Waals surface area contributed by atoms with Gasteiger partial charge in [-0.05, 0) is 50.7 Å². The summed E-state index contributed by atoms with van der Waals surface area (Å²) in [5, 5.41) is 0. The van der Waals surface area contributed by atoms with Crippen molar-refractivity contribution in [3.05, 3.63) is 18.2 Å². The number of unbranched alkanes of at least 4 members (excludes halogenated alkanes) is 8. The first-order valence-corrected chi connectivity index (χ1v) is 17.8. The Hall–Kier alpha value is -2.60. The normalized spacial score (nSPS) is 11.0. The average Bonchev–Trinajstić information content (AvgIpc) is 3.06. The van der Waals surface area contributed by atoms with Gasteiger partial charge < -0.3 is 43.6 Å². The quantitative estimate of drug-likeness (QED) is 0.0478. The van der Waals surface area contributed by atoms with Crippen molar-refractivity contribution >= 4 is 17.6 Å². The molecule has 2 N–H and O–H groups in total. The van der Waals surface area contributed by atoms with Gasteiger partial charge in [0.1, 0.15) is 13.2 Å². The molecule has 47 heavy (non-hydrogen) atoms. The molecule has 0 saturated heterocycles. The van der Waals surface area contributed by atoms with Crippen LogP contribution in [-0.4, -0.2) is 91.2 Å². The lowest BCUT2D eigenvalue weighted by molar-refractivity contribution is -0.146.